The number of nitro groups is 1. The molecule has 2 amide bonds. The highest BCUT2D eigenvalue weighted by molar-refractivity contribution is 6.36. The highest BCUT2D eigenvalue weighted by Crippen LogP contribution is 2.21. The molecule has 2 aromatic carbocycles. The van der Waals surface area contributed by atoms with Gasteiger partial charge in [0.15, 0.2) is 0 Å². The van der Waals surface area contributed by atoms with E-state index in [2.05, 4.69) is 10.6 Å². The van der Waals surface area contributed by atoms with E-state index in [0.717, 1.165) is 0 Å². The number of aliphatic hydroxyl groups excluding tert-OH is 1. The van der Waals surface area contributed by atoms with E-state index < -0.39 is 28.9 Å². The number of carbonyl (C=O) groups is 2. The van der Waals surface area contributed by atoms with Crippen molar-refractivity contribution in [2.24, 2.45) is 5.92 Å². The van der Waals surface area contributed by atoms with Crippen molar-refractivity contribution in [3.05, 3.63) is 73.8 Å². The van der Waals surface area contributed by atoms with Crippen LogP contribution in [0.25, 0.3) is 0 Å². The Balaban J connectivity index is 2.01. The average molecular weight is 454 g/mol. The quantitative estimate of drug-likeness (QED) is 0.416. The molecule has 2 rings (SSSR count). The number of rotatable bonds is 8. The van der Waals surface area contributed by atoms with E-state index in [1.165, 1.54) is 42.5 Å². The molecule has 0 saturated carbocycles. The van der Waals surface area contributed by atoms with Gasteiger partial charge in [-0.2, -0.15) is 0 Å². The van der Waals surface area contributed by atoms with Gasteiger partial charge in [0.05, 0.1) is 21.6 Å². The predicted molar refractivity (Wildman–Crippen MR) is 114 cm³/mol. The van der Waals surface area contributed by atoms with Gasteiger partial charge in [0.2, 0.25) is 5.91 Å². The molecule has 0 heterocycles. The molecule has 2 atom stereocenters. The second-order valence-corrected chi connectivity index (χ2v) is 7.77. The van der Waals surface area contributed by atoms with E-state index in [0.29, 0.717) is 10.6 Å². The van der Waals surface area contributed by atoms with Crippen molar-refractivity contribution in [2.75, 3.05) is 6.54 Å². The maximum Gasteiger partial charge on any atom is 0.269 e. The fourth-order valence-electron chi connectivity index (χ4n) is 2.67. The van der Waals surface area contributed by atoms with Crippen molar-refractivity contribution >= 4 is 40.7 Å². The third kappa shape index (κ3) is 6.16. The molecule has 0 spiro atoms. The average Bonchev–Trinajstić information content (AvgIpc) is 2.69. The smallest absolute Gasteiger partial charge is 0.269 e. The first-order chi connectivity index (χ1) is 14.1. The zero-order valence-electron chi connectivity index (χ0n) is 16.3. The number of nitrogens with zero attached hydrogens (tertiary/aromatic N) is 1. The van der Waals surface area contributed by atoms with Crippen molar-refractivity contribution in [3.63, 3.8) is 0 Å². The predicted octanol–water partition coefficient (Wildman–Crippen LogP) is 3.51. The van der Waals surface area contributed by atoms with Crippen LogP contribution in [0.2, 0.25) is 10.0 Å². The Hall–Kier alpha value is -2.68. The van der Waals surface area contributed by atoms with Crippen LogP contribution < -0.4 is 10.6 Å². The zero-order chi connectivity index (χ0) is 22.4. The standard InChI is InChI=1S/C20H21Cl2N3O5/c1-11(2)18(24-19(27)15-8-5-13(21)9-16(15)22)20(28)23-10-17(26)12-3-6-14(7-4-12)25(29)30/h3-9,11,17-18,26H,10H2,1-2H3,(H,23,28)(H,24,27)/t17-,18-/m1/s1. The third-order valence-corrected chi connectivity index (χ3v) is 4.92. The number of non-ortho nitro benzene ring substituents is 1. The van der Waals surface area contributed by atoms with Crippen LogP contribution >= 0.6 is 23.2 Å². The first kappa shape index (κ1) is 23.6. The second kappa shape index (κ2) is 10.4. The second-order valence-electron chi connectivity index (χ2n) is 6.93. The molecule has 0 bridgehead atoms. The molecule has 3 N–H and O–H groups in total. The van der Waals surface area contributed by atoms with Gasteiger partial charge in [-0.3, -0.25) is 19.7 Å². The first-order valence-corrected chi connectivity index (χ1v) is 9.81. The Morgan fingerprint density at radius 3 is 2.30 bits per heavy atom. The third-order valence-electron chi connectivity index (χ3n) is 4.37. The number of carbonyl (C=O) groups excluding carboxylic acids is 2. The highest BCUT2D eigenvalue weighted by atomic mass is 35.5. The number of hydrogen-bond donors (Lipinski definition) is 3. The molecule has 0 aliphatic carbocycles. The molecule has 160 valence electrons. The van der Waals surface area contributed by atoms with Gasteiger partial charge < -0.3 is 15.7 Å². The summed E-state index contributed by atoms with van der Waals surface area (Å²) in [6.45, 7) is 3.40. The summed E-state index contributed by atoms with van der Waals surface area (Å²) in [5, 5.41) is 26.7. The molecule has 0 unspecified atom stereocenters. The topological polar surface area (TPSA) is 122 Å². The molecule has 8 nitrogen and oxygen atoms in total. The van der Waals surface area contributed by atoms with Crippen molar-refractivity contribution < 1.29 is 19.6 Å². The monoisotopic (exact) mass is 453 g/mol. The van der Waals surface area contributed by atoms with Crippen LogP contribution in [0.3, 0.4) is 0 Å². The molecule has 0 aliphatic heterocycles. The SMILES string of the molecule is CC(C)[C@@H](NC(=O)c1ccc(Cl)cc1Cl)C(=O)NC[C@@H](O)c1ccc([N+](=O)[O-])cc1. The molecule has 0 fully saturated rings. The fourth-order valence-corrected chi connectivity index (χ4v) is 3.17. The minimum Gasteiger partial charge on any atom is -0.387 e. The summed E-state index contributed by atoms with van der Waals surface area (Å²) in [5.74, 6) is -1.25. The molecule has 10 heteroatoms. The van der Waals surface area contributed by atoms with E-state index in [-0.39, 0.29) is 28.7 Å². The molecule has 2 aromatic rings. The van der Waals surface area contributed by atoms with Gasteiger partial charge in [-0.1, -0.05) is 37.0 Å². The molecule has 0 aliphatic rings. The Bertz CT molecular complexity index is 935. The number of aliphatic hydroxyl groups is 1. The molecule has 0 saturated heterocycles. The van der Waals surface area contributed by atoms with Gasteiger partial charge in [0, 0.05) is 23.7 Å². The molecule has 0 aromatic heterocycles. The maximum absolute atomic E-state index is 12.6. The summed E-state index contributed by atoms with van der Waals surface area (Å²) in [4.78, 5) is 35.3. The van der Waals surface area contributed by atoms with Crippen LogP contribution in [0.15, 0.2) is 42.5 Å². The van der Waals surface area contributed by atoms with E-state index in [9.17, 15) is 24.8 Å². The molecule has 0 radical (unpaired) electrons. The Kier molecular flexibility index (Phi) is 8.16. The number of nitro benzene ring substituents is 1. The van der Waals surface area contributed by atoms with Gasteiger partial charge >= 0.3 is 0 Å². The van der Waals surface area contributed by atoms with Crippen LogP contribution in [0.5, 0.6) is 0 Å². The van der Waals surface area contributed by atoms with Crippen molar-refractivity contribution in [1.29, 1.82) is 0 Å². The Morgan fingerprint density at radius 1 is 1.13 bits per heavy atom. The minimum absolute atomic E-state index is 0.0987. The van der Waals surface area contributed by atoms with Gasteiger partial charge in [-0.25, -0.2) is 0 Å². The van der Waals surface area contributed by atoms with E-state index in [1.807, 2.05) is 0 Å². The lowest BCUT2D eigenvalue weighted by molar-refractivity contribution is -0.384. The Labute approximate surface area is 183 Å². The van der Waals surface area contributed by atoms with E-state index >= 15 is 0 Å². The van der Waals surface area contributed by atoms with Crippen molar-refractivity contribution in [2.45, 2.75) is 26.0 Å². The van der Waals surface area contributed by atoms with Crippen LogP contribution in [0.1, 0.15) is 35.9 Å². The minimum atomic E-state index is -1.07. The Morgan fingerprint density at radius 2 is 1.77 bits per heavy atom. The number of nitrogens with one attached hydrogen (secondary N) is 2. The summed E-state index contributed by atoms with van der Waals surface area (Å²) in [7, 11) is 0. The lowest BCUT2D eigenvalue weighted by atomic mass is 10.0. The van der Waals surface area contributed by atoms with Crippen LogP contribution in [-0.4, -0.2) is 34.4 Å². The summed E-state index contributed by atoms with van der Waals surface area (Å²) in [6, 6.07) is 8.93. The number of benzene rings is 2. The lowest BCUT2D eigenvalue weighted by Gasteiger charge is -2.23. The van der Waals surface area contributed by atoms with Gasteiger partial charge in [-0.15, -0.1) is 0 Å². The van der Waals surface area contributed by atoms with Gasteiger partial charge in [-0.05, 0) is 41.8 Å². The molecular weight excluding hydrogens is 433 g/mol. The molecule has 30 heavy (non-hydrogen) atoms. The molecular formula is C20H21Cl2N3O5. The van der Waals surface area contributed by atoms with Crippen LogP contribution in [0, 0.1) is 16.0 Å². The normalized spacial score (nSPS) is 12.9. The summed E-state index contributed by atoms with van der Waals surface area (Å²) in [6.07, 6.45) is -1.07. The van der Waals surface area contributed by atoms with E-state index in [1.54, 1.807) is 13.8 Å². The maximum atomic E-state index is 12.6. The number of amides is 2. The van der Waals surface area contributed by atoms with Gasteiger partial charge in [0.25, 0.3) is 11.6 Å². The number of halogens is 2. The van der Waals surface area contributed by atoms with Crippen molar-refractivity contribution in [3.8, 4) is 0 Å². The van der Waals surface area contributed by atoms with Crippen molar-refractivity contribution in [1.82, 2.24) is 10.6 Å². The van der Waals surface area contributed by atoms with Crippen LogP contribution in [-0.2, 0) is 4.79 Å². The van der Waals surface area contributed by atoms with Crippen LogP contribution in [0.4, 0.5) is 5.69 Å². The fraction of sp³-hybridized carbons (Fsp3) is 0.300. The zero-order valence-corrected chi connectivity index (χ0v) is 17.8. The summed E-state index contributed by atoms with van der Waals surface area (Å²) < 4.78 is 0. The highest BCUT2D eigenvalue weighted by Gasteiger charge is 2.26. The lowest BCUT2D eigenvalue weighted by Crippen LogP contribution is -2.50. The summed E-state index contributed by atoms with van der Waals surface area (Å²) >= 11 is 11.9. The first-order valence-electron chi connectivity index (χ1n) is 9.06. The van der Waals surface area contributed by atoms with Gasteiger partial charge in [0.1, 0.15) is 6.04 Å². The summed E-state index contributed by atoms with van der Waals surface area (Å²) in [5.41, 5.74) is 0.503. The largest absolute Gasteiger partial charge is 0.387 e. The number of hydrogen-bond acceptors (Lipinski definition) is 5. The van der Waals surface area contributed by atoms with E-state index in [4.69, 9.17) is 23.2 Å².